The van der Waals surface area contributed by atoms with Gasteiger partial charge >= 0.3 is 0 Å². The molecule has 6 nitrogen and oxygen atoms in total. The number of carbonyl (C=O) groups is 1. The molecule has 0 saturated carbocycles. The Balaban J connectivity index is 1.47. The number of carbonyl (C=O) groups excluding carboxylic acids is 1. The molecule has 29 heavy (non-hydrogen) atoms. The maximum atomic E-state index is 13.2. The van der Waals surface area contributed by atoms with E-state index >= 15 is 0 Å². The molecule has 0 aliphatic carbocycles. The second-order valence-electron chi connectivity index (χ2n) is 6.69. The smallest absolute Gasteiger partial charge is 0.240 e. The van der Waals surface area contributed by atoms with Crippen molar-refractivity contribution in [3.05, 3.63) is 64.9 Å². The average molecular weight is 441 g/mol. The molecule has 1 amide bonds. The van der Waals surface area contributed by atoms with Gasteiger partial charge in [0.2, 0.25) is 15.9 Å². The lowest BCUT2D eigenvalue weighted by atomic mass is 10.1. The Morgan fingerprint density at radius 2 is 2.00 bits per heavy atom. The van der Waals surface area contributed by atoms with Crippen molar-refractivity contribution in [2.45, 2.75) is 23.8 Å². The number of nitrogens with one attached hydrogen (secondary N) is 1. The van der Waals surface area contributed by atoms with Gasteiger partial charge in [-0.2, -0.15) is 0 Å². The van der Waals surface area contributed by atoms with Gasteiger partial charge in [-0.15, -0.1) is 0 Å². The van der Waals surface area contributed by atoms with Gasteiger partial charge in [0.15, 0.2) is 0 Å². The number of hydrogen-bond donors (Lipinski definition) is 1. The monoisotopic (exact) mass is 440 g/mol. The average Bonchev–Trinajstić information content (AvgIpc) is 2.73. The predicted octanol–water partition coefficient (Wildman–Crippen LogP) is 3.14. The molecule has 0 aromatic heterocycles. The maximum Gasteiger partial charge on any atom is 0.240 e. The van der Waals surface area contributed by atoms with Crippen LogP contribution in [-0.2, 0) is 19.6 Å². The minimum Gasteiger partial charge on any atom is -0.370 e. The van der Waals surface area contributed by atoms with E-state index < -0.39 is 15.8 Å². The number of morpholine rings is 1. The molecule has 1 unspecified atom stereocenters. The van der Waals surface area contributed by atoms with E-state index in [1.807, 2.05) is 30.3 Å². The second kappa shape index (κ2) is 9.67. The lowest BCUT2D eigenvalue weighted by Crippen LogP contribution is -2.42. The zero-order valence-electron chi connectivity index (χ0n) is 15.7. The number of benzene rings is 2. The Bertz CT molecular complexity index is 956. The molecule has 156 valence electrons. The van der Waals surface area contributed by atoms with Crippen LogP contribution in [0.3, 0.4) is 0 Å². The highest BCUT2D eigenvalue weighted by molar-refractivity contribution is 7.89. The summed E-state index contributed by atoms with van der Waals surface area (Å²) in [5.74, 6) is -0.728. The van der Waals surface area contributed by atoms with Crippen molar-refractivity contribution in [2.75, 3.05) is 26.2 Å². The number of nitrogens with zero attached hydrogens (tertiary/aromatic N) is 1. The van der Waals surface area contributed by atoms with Crippen LogP contribution in [0.25, 0.3) is 0 Å². The molecule has 9 heteroatoms. The molecule has 0 radical (unpaired) electrons. The van der Waals surface area contributed by atoms with Gasteiger partial charge in [-0.3, -0.25) is 4.79 Å². The standard InChI is InChI=1S/C20H22ClFN2O4S/c21-17-13-16(8-9-18(17)22)29(26,27)23-10-4-7-20(25)24-11-12-28-19(14-24)15-5-2-1-3-6-15/h1-3,5-6,8-9,13,19,23H,4,7,10-12,14H2. The Hall–Kier alpha value is -2.00. The van der Waals surface area contributed by atoms with Crippen molar-refractivity contribution in [3.8, 4) is 0 Å². The molecule has 1 fully saturated rings. The summed E-state index contributed by atoms with van der Waals surface area (Å²) in [6, 6.07) is 12.9. The van der Waals surface area contributed by atoms with Gasteiger partial charge in [0, 0.05) is 19.5 Å². The van der Waals surface area contributed by atoms with Crippen molar-refractivity contribution >= 4 is 27.5 Å². The molecule has 3 rings (SSSR count). The number of sulfonamides is 1. The zero-order valence-corrected chi connectivity index (χ0v) is 17.3. The number of ether oxygens (including phenoxy) is 1. The molecule has 0 spiro atoms. The molecule has 0 bridgehead atoms. The molecule has 1 atom stereocenters. The van der Waals surface area contributed by atoms with Gasteiger partial charge in [0.1, 0.15) is 11.9 Å². The number of halogens is 2. The van der Waals surface area contributed by atoms with E-state index in [1.54, 1.807) is 4.90 Å². The molecule has 1 N–H and O–H groups in total. The minimum atomic E-state index is -3.81. The number of rotatable bonds is 7. The highest BCUT2D eigenvalue weighted by Crippen LogP contribution is 2.22. The molecule has 2 aromatic carbocycles. The summed E-state index contributed by atoms with van der Waals surface area (Å²) in [6.07, 6.45) is 0.407. The zero-order chi connectivity index (χ0) is 20.9. The van der Waals surface area contributed by atoms with Gasteiger partial charge in [0.25, 0.3) is 0 Å². The van der Waals surface area contributed by atoms with Crippen molar-refractivity contribution < 1.29 is 22.3 Å². The summed E-state index contributed by atoms with van der Waals surface area (Å²) in [6.45, 7) is 1.55. The van der Waals surface area contributed by atoms with E-state index in [4.69, 9.17) is 16.3 Å². The Labute approximate surface area is 174 Å². The highest BCUT2D eigenvalue weighted by Gasteiger charge is 2.25. The Morgan fingerprint density at radius 3 is 2.72 bits per heavy atom. The molecular weight excluding hydrogens is 419 g/mol. The van der Waals surface area contributed by atoms with Gasteiger partial charge in [-0.05, 0) is 30.2 Å². The van der Waals surface area contributed by atoms with Crippen LogP contribution in [0, 0.1) is 5.82 Å². The first-order valence-corrected chi connectivity index (χ1v) is 11.1. The van der Waals surface area contributed by atoms with E-state index in [9.17, 15) is 17.6 Å². The lowest BCUT2D eigenvalue weighted by molar-refractivity contribution is -0.139. The molecule has 1 aliphatic heterocycles. The van der Waals surface area contributed by atoms with Crippen LogP contribution in [0.2, 0.25) is 5.02 Å². The topological polar surface area (TPSA) is 75.7 Å². The summed E-state index contributed by atoms with van der Waals surface area (Å²) in [4.78, 5) is 14.1. The van der Waals surface area contributed by atoms with E-state index in [-0.39, 0.29) is 34.9 Å². The first-order valence-electron chi connectivity index (χ1n) is 9.26. The van der Waals surface area contributed by atoms with Crippen molar-refractivity contribution in [1.29, 1.82) is 0 Å². The molecular formula is C20H22ClFN2O4S. The summed E-state index contributed by atoms with van der Waals surface area (Å²) in [5, 5.41) is -0.261. The molecule has 1 heterocycles. The fraction of sp³-hybridized carbons (Fsp3) is 0.350. The van der Waals surface area contributed by atoms with E-state index in [1.165, 1.54) is 0 Å². The number of hydrogen-bond acceptors (Lipinski definition) is 4. The first-order chi connectivity index (χ1) is 13.9. The fourth-order valence-corrected chi connectivity index (χ4v) is 4.42. The second-order valence-corrected chi connectivity index (χ2v) is 8.86. The Kier molecular flexibility index (Phi) is 7.23. The van der Waals surface area contributed by atoms with Gasteiger partial charge < -0.3 is 9.64 Å². The highest BCUT2D eigenvalue weighted by atomic mass is 35.5. The fourth-order valence-electron chi connectivity index (χ4n) is 3.08. The third kappa shape index (κ3) is 5.76. The van der Waals surface area contributed by atoms with Crippen molar-refractivity contribution in [3.63, 3.8) is 0 Å². The summed E-state index contributed by atoms with van der Waals surface area (Å²) >= 11 is 5.64. The van der Waals surface area contributed by atoms with Gasteiger partial charge in [-0.25, -0.2) is 17.5 Å². The maximum absolute atomic E-state index is 13.2. The van der Waals surface area contributed by atoms with Gasteiger partial charge in [-0.1, -0.05) is 41.9 Å². The van der Waals surface area contributed by atoms with Crippen LogP contribution >= 0.6 is 11.6 Å². The molecule has 1 saturated heterocycles. The van der Waals surface area contributed by atoms with Crippen LogP contribution in [-0.4, -0.2) is 45.5 Å². The summed E-state index contributed by atoms with van der Waals surface area (Å²) in [5.41, 5.74) is 1.02. The largest absolute Gasteiger partial charge is 0.370 e. The lowest BCUT2D eigenvalue weighted by Gasteiger charge is -2.33. The quantitative estimate of drug-likeness (QED) is 0.671. The minimum absolute atomic E-state index is 0.0433. The first kappa shape index (κ1) is 21.7. The third-order valence-electron chi connectivity index (χ3n) is 4.65. The van der Waals surface area contributed by atoms with Crippen molar-refractivity contribution in [2.24, 2.45) is 0 Å². The predicted molar refractivity (Wildman–Crippen MR) is 108 cm³/mol. The van der Waals surface area contributed by atoms with Crippen LogP contribution in [0.4, 0.5) is 4.39 Å². The summed E-state index contributed by atoms with van der Waals surface area (Å²) < 4.78 is 45.8. The van der Waals surface area contributed by atoms with E-state index in [0.717, 1.165) is 23.8 Å². The van der Waals surface area contributed by atoms with Crippen LogP contribution in [0.1, 0.15) is 24.5 Å². The Morgan fingerprint density at radius 1 is 1.24 bits per heavy atom. The molecule has 1 aliphatic rings. The van der Waals surface area contributed by atoms with Crippen LogP contribution in [0.5, 0.6) is 0 Å². The summed E-state index contributed by atoms with van der Waals surface area (Å²) in [7, 11) is -3.81. The normalized spacial score (nSPS) is 17.3. The third-order valence-corrected chi connectivity index (χ3v) is 6.40. The van der Waals surface area contributed by atoms with Crippen LogP contribution < -0.4 is 4.72 Å². The molecule has 2 aromatic rings. The SMILES string of the molecule is O=C(CCCNS(=O)(=O)c1ccc(F)c(Cl)c1)N1CCOC(c2ccccc2)C1. The van der Waals surface area contributed by atoms with Gasteiger partial charge in [0.05, 0.1) is 23.1 Å². The van der Waals surface area contributed by atoms with Crippen LogP contribution in [0.15, 0.2) is 53.4 Å². The van der Waals surface area contributed by atoms with E-state index in [2.05, 4.69) is 4.72 Å². The number of amides is 1. The van der Waals surface area contributed by atoms with Crippen molar-refractivity contribution in [1.82, 2.24) is 9.62 Å². The van der Waals surface area contributed by atoms with E-state index in [0.29, 0.717) is 26.1 Å².